The van der Waals surface area contributed by atoms with E-state index in [9.17, 15) is 21.6 Å². The average Bonchev–Trinajstić information content (AvgIpc) is 3.53. The molecule has 0 unspecified atom stereocenters. The molecule has 0 spiro atoms. The molecular weight excluding hydrogens is 466 g/mol. The molecule has 1 aromatic heterocycles. The van der Waals surface area contributed by atoms with Crippen LogP contribution in [0, 0.1) is 0 Å². The van der Waals surface area contributed by atoms with E-state index in [1.54, 1.807) is 12.1 Å². The lowest BCUT2D eigenvalue weighted by Gasteiger charge is -2.16. The van der Waals surface area contributed by atoms with Crippen molar-refractivity contribution < 1.29 is 26.0 Å². The Labute approximate surface area is 192 Å². The Hall–Kier alpha value is -2.99. The first-order valence-corrected chi connectivity index (χ1v) is 13.2. The van der Waals surface area contributed by atoms with Gasteiger partial charge in [0.1, 0.15) is 5.76 Å². The van der Waals surface area contributed by atoms with Gasteiger partial charge in [-0.3, -0.25) is 4.79 Å². The fraction of sp³-hybridized carbons (Fsp3) is 0.227. The molecule has 9 nitrogen and oxygen atoms in total. The van der Waals surface area contributed by atoms with Crippen LogP contribution < -0.4 is 10.0 Å². The van der Waals surface area contributed by atoms with E-state index >= 15 is 0 Å². The van der Waals surface area contributed by atoms with Crippen LogP contribution in [0.1, 0.15) is 29.0 Å². The zero-order chi connectivity index (χ0) is 23.5. The molecule has 2 heterocycles. The lowest BCUT2D eigenvalue weighted by Crippen LogP contribution is -2.28. The second kappa shape index (κ2) is 9.48. The van der Waals surface area contributed by atoms with Crippen molar-refractivity contribution in [2.45, 2.75) is 29.2 Å². The number of hydrogen-bond acceptors (Lipinski definition) is 6. The highest BCUT2D eigenvalue weighted by Gasteiger charge is 2.27. The number of rotatable bonds is 8. The van der Waals surface area contributed by atoms with Crippen molar-refractivity contribution in [3.63, 3.8) is 0 Å². The molecule has 2 aromatic carbocycles. The Morgan fingerprint density at radius 2 is 1.64 bits per heavy atom. The molecule has 0 aliphatic carbocycles. The number of carbonyl (C=O) groups is 1. The predicted octanol–water partition coefficient (Wildman–Crippen LogP) is 2.79. The van der Waals surface area contributed by atoms with E-state index in [0.717, 1.165) is 12.8 Å². The summed E-state index contributed by atoms with van der Waals surface area (Å²) in [5, 5.41) is 2.66. The third-order valence-electron chi connectivity index (χ3n) is 5.24. The number of nitrogens with zero attached hydrogens (tertiary/aromatic N) is 1. The molecule has 1 saturated heterocycles. The summed E-state index contributed by atoms with van der Waals surface area (Å²) in [6, 6.07) is 14.9. The fourth-order valence-corrected chi connectivity index (χ4v) is 6.02. The Kier molecular flexibility index (Phi) is 6.66. The molecule has 1 fully saturated rings. The van der Waals surface area contributed by atoms with Crippen LogP contribution in [0.5, 0.6) is 0 Å². The first-order valence-electron chi connectivity index (χ1n) is 10.3. The summed E-state index contributed by atoms with van der Waals surface area (Å²) in [4.78, 5) is 12.8. The quantitative estimate of drug-likeness (QED) is 0.501. The van der Waals surface area contributed by atoms with Gasteiger partial charge in [-0.15, -0.1) is 0 Å². The van der Waals surface area contributed by atoms with Gasteiger partial charge in [0, 0.05) is 24.3 Å². The van der Waals surface area contributed by atoms with E-state index in [2.05, 4.69) is 10.0 Å². The highest BCUT2D eigenvalue weighted by Crippen LogP contribution is 2.22. The number of nitrogens with one attached hydrogen (secondary N) is 2. The highest BCUT2D eigenvalue weighted by molar-refractivity contribution is 7.89. The minimum atomic E-state index is -3.76. The summed E-state index contributed by atoms with van der Waals surface area (Å²) in [7, 11) is -7.40. The molecular formula is C22H23N3O6S2. The standard InChI is InChI=1S/C22H23N3O6S2/c26-22(17-5-3-7-21(15-17)33(29,30)25-12-1-2-13-25)24-18-8-10-20(11-9-18)32(27,28)23-16-19-6-4-14-31-19/h3-11,14-15,23H,1-2,12-13,16H2,(H,24,26). The van der Waals surface area contributed by atoms with E-state index in [1.165, 1.54) is 59.1 Å². The first-order chi connectivity index (χ1) is 15.8. The second-order valence-electron chi connectivity index (χ2n) is 7.52. The summed E-state index contributed by atoms with van der Waals surface area (Å²) >= 11 is 0. The largest absolute Gasteiger partial charge is 0.468 e. The van der Waals surface area contributed by atoms with Crippen LogP contribution in [0.15, 0.2) is 81.1 Å². The van der Waals surface area contributed by atoms with E-state index in [-0.39, 0.29) is 21.9 Å². The van der Waals surface area contributed by atoms with Crippen LogP contribution in [-0.2, 0) is 26.6 Å². The van der Waals surface area contributed by atoms with Crippen molar-refractivity contribution in [3.8, 4) is 0 Å². The maximum absolute atomic E-state index is 12.8. The molecule has 3 aromatic rings. The third kappa shape index (κ3) is 5.33. The van der Waals surface area contributed by atoms with Crippen molar-refractivity contribution in [2.75, 3.05) is 18.4 Å². The van der Waals surface area contributed by atoms with E-state index in [0.29, 0.717) is 24.5 Å². The van der Waals surface area contributed by atoms with Gasteiger partial charge in [0.2, 0.25) is 20.0 Å². The molecule has 1 aliphatic rings. The van der Waals surface area contributed by atoms with Crippen molar-refractivity contribution in [3.05, 3.63) is 78.3 Å². The molecule has 11 heteroatoms. The highest BCUT2D eigenvalue weighted by atomic mass is 32.2. The third-order valence-corrected chi connectivity index (χ3v) is 8.55. The van der Waals surface area contributed by atoms with Crippen LogP contribution in [0.25, 0.3) is 0 Å². The van der Waals surface area contributed by atoms with Gasteiger partial charge in [-0.1, -0.05) is 6.07 Å². The summed E-state index contributed by atoms with van der Waals surface area (Å²) in [5.74, 6) is -0.0172. The van der Waals surface area contributed by atoms with Gasteiger partial charge in [-0.05, 0) is 67.4 Å². The summed E-state index contributed by atoms with van der Waals surface area (Å²) < 4.78 is 59.3. The molecule has 2 N–H and O–H groups in total. The van der Waals surface area contributed by atoms with E-state index < -0.39 is 26.0 Å². The van der Waals surface area contributed by atoms with Gasteiger partial charge in [0.05, 0.1) is 22.6 Å². The molecule has 1 aliphatic heterocycles. The van der Waals surface area contributed by atoms with Gasteiger partial charge < -0.3 is 9.73 Å². The minimum Gasteiger partial charge on any atom is -0.468 e. The van der Waals surface area contributed by atoms with Crippen LogP contribution in [0.3, 0.4) is 0 Å². The SMILES string of the molecule is O=C(Nc1ccc(S(=O)(=O)NCc2ccco2)cc1)c1cccc(S(=O)(=O)N2CCCC2)c1. The molecule has 1 amide bonds. The van der Waals surface area contributed by atoms with E-state index in [4.69, 9.17) is 4.42 Å². The molecule has 0 bridgehead atoms. The number of amides is 1. The number of furan rings is 1. The van der Waals surface area contributed by atoms with Gasteiger partial charge in [0.15, 0.2) is 0 Å². The molecule has 33 heavy (non-hydrogen) atoms. The van der Waals surface area contributed by atoms with Crippen LogP contribution in [0.2, 0.25) is 0 Å². The summed E-state index contributed by atoms with van der Waals surface area (Å²) in [6.07, 6.45) is 3.10. The zero-order valence-electron chi connectivity index (χ0n) is 17.6. The van der Waals surface area contributed by atoms with Gasteiger partial charge in [-0.2, -0.15) is 4.31 Å². The number of carbonyl (C=O) groups excluding carboxylic acids is 1. The van der Waals surface area contributed by atoms with Crippen molar-refractivity contribution in [1.82, 2.24) is 9.03 Å². The smallest absolute Gasteiger partial charge is 0.255 e. The topological polar surface area (TPSA) is 126 Å². The normalized spacial score (nSPS) is 14.9. The Balaban J connectivity index is 1.43. The summed E-state index contributed by atoms with van der Waals surface area (Å²) in [5.41, 5.74) is 0.560. The maximum atomic E-state index is 12.8. The number of benzene rings is 2. The Morgan fingerprint density at radius 1 is 0.909 bits per heavy atom. The van der Waals surface area contributed by atoms with Crippen molar-refractivity contribution in [2.24, 2.45) is 0 Å². The summed E-state index contributed by atoms with van der Waals surface area (Å²) in [6.45, 7) is 0.971. The molecule has 0 radical (unpaired) electrons. The van der Waals surface area contributed by atoms with E-state index in [1.807, 2.05) is 0 Å². The van der Waals surface area contributed by atoms with Crippen LogP contribution in [-0.4, -0.2) is 40.1 Å². The molecule has 174 valence electrons. The monoisotopic (exact) mass is 489 g/mol. The first kappa shape index (κ1) is 23.2. The van der Waals surface area contributed by atoms with Crippen molar-refractivity contribution in [1.29, 1.82) is 0 Å². The lowest BCUT2D eigenvalue weighted by atomic mass is 10.2. The second-order valence-corrected chi connectivity index (χ2v) is 11.2. The predicted molar refractivity (Wildman–Crippen MR) is 122 cm³/mol. The minimum absolute atomic E-state index is 0.0184. The van der Waals surface area contributed by atoms with Gasteiger partial charge >= 0.3 is 0 Å². The molecule has 0 atom stereocenters. The number of sulfonamides is 2. The average molecular weight is 490 g/mol. The molecule has 4 rings (SSSR count). The van der Waals surface area contributed by atoms with Crippen LogP contribution in [0.4, 0.5) is 5.69 Å². The number of hydrogen-bond donors (Lipinski definition) is 2. The molecule has 0 saturated carbocycles. The lowest BCUT2D eigenvalue weighted by molar-refractivity contribution is 0.102. The Bertz CT molecular complexity index is 1330. The Morgan fingerprint density at radius 3 is 2.30 bits per heavy atom. The van der Waals surface area contributed by atoms with Gasteiger partial charge in [-0.25, -0.2) is 21.6 Å². The maximum Gasteiger partial charge on any atom is 0.255 e. The van der Waals surface area contributed by atoms with Gasteiger partial charge in [0.25, 0.3) is 5.91 Å². The fourth-order valence-electron chi connectivity index (χ4n) is 3.46. The number of anilines is 1. The van der Waals surface area contributed by atoms with Crippen molar-refractivity contribution >= 4 is 31.6 Å². The zero-order valence-corrected chi connectivity index (χ0v) is 19.2. The van der Waals surface area contributed by atoms with Crippen LogP contribution >= 0.6 is 0 Å².